The third kappa shape index (κ3) is 4.43. The molecular formula is C28H33N3O4. The Labute approximate surface area is 206 Å². The van der Waals surface area contributed by atoms with Crippen LogP contribution in [-0.4, -0.2) is 36.5 Å². The van der Waals surface area contributed by atoms with Gasteiger partial charge in [-0.2, -0.15) is 0 Å². The van der Waals surface area contributed by atoms with E-state index in [0.29, 0.717) is 24.0 Å². The Morgan fingerprint density at radius 2 is 1.89 bits per heavy atom. The summed E-state index contributed by atoms with van der Waals surface area (Å²) in [4.78, 5) is 42.1. The minimum absolute atomic E-state index is 0.0453. The number of nitrogens with one attached hydrogen (secondary N) is 1. The van der Waals surface area contributed by atoms with E-state index in [2.05, 4.69) is 50.0 Å². The fraction of sp³-hybridized carbons (Fsp3) is 0.393. The van der Waals surface area contributed by atoms with Crippen molar-refractivity contribution in [3.05, 3.63) is 58.7 Å². The zero-order valence-corrected chi connectivity index (χ0v) is 21.3. The molecule has 0 bridgehead atoms. The van der Waals surface area contributed by atoms with Crippen LogP contribution < -0.4 is 19.9 Å². The number of carbonyl (C=O) groups excluding carboxylic acids is 3. The minimum atomic E-state index is -0.776. The van der Waals surface area contributed by atoms with E-state index in [1.807, 2.05) is 13.8 Å². The Balaban J connectivity index is 1.76. The van der Waals surface area contributed by atoms with Crippen molar-refractivity contribution in [2.45, 2.75) is 59.4 Å². The summed E-state index contributed by atoms with van der Waals surface area (Å²) in [5.41, 5.74) is 4.46. The highest BCUT2D eigenvalue weighted by Crippen LogP contribution is 2.44. The first-order valence-corrected chi connectivity index (χ1v) is 12.1. The van der Waals surface area contributed by atoms with Gasteiger partial charge >= 0.3 is 6.03 Å². The van der Waals surface area contributed by atoms with Crippen molar-refractivity contribution in [1.82, 2.24) is 5.32 Å². The van der Waals surface area contributed by atoms with Gasteiger partial charge in [0.25, 0.3) is 11.8 Å². The van der Waals surface area contributed by atoms with Crippen molar-refractivity contribution < 1.29 is 19.1 Å². The largest absolute Gasteiger partial charge is 0.494 e. The van der Waals surface area contributed by atoms with E-state index in [-0.39, 0.29) is 11.1 Å². The van der Waals surface area contributed by atoms with Crippen LogP contribution in [0.3, 0.4) is 0 Å². The van der Waals surface area contributed by atoms with Gasteiger partial charge in [-0.25, -0.2) is 9.69 Å². The van der Waals surface area contributed by atoms with Gasteiger partial charge in [-0.05, 0) is 94.0 Å². The number of fused-ring (bicyclic) bond motifs is 1. The number of barbiturate groups is 1. The number of imide groups is 2. The molecule has 2 aliphatic heterocycles. The lowest BCUT2D eigenvalue weighted by Gasteiger charge is -2.47. The van der Waals surface area contributed by atoms with Crippen LogP contribution in [0, 0.1) is 6.92 Å². The topological polar surface area (TPSA) is 79.0 Å². The van der Waals surface area contributed by atoms with E-state index in [9.17, 15) is 14.4 Å². The molecule has 2 heterocycles. The Morgan fingerprint density at radius 3 is 2.57 bits per heavy atom. The Morgan fingerprint density at radius 1 is 1.14 bits per heavy atom. The van der Waals surface area contributed by atoms with E-state index in [0.717, 1.165) is 29.0 Å². The molecule has 0 saturated carbocycles. The monoisotopic (exact) mass is 475 g/mol. The van der Waals surface area contributed by atoms with E-state index >= 15 is 0 Å². The predicted molar refractivity (Wildman–Crippen MR) is 138 cm³/mol. The highest BCUT2D eigenvalue weighted by molar-refractivity contribution is 6.39. The van der Waals surface area contributed by atoms with Gasteiger partial charge in [-0.3, -0.25) is 14.9 Å². The van der Waals surface area contributed by atoms with Crippen LogP contribution in [0.2, 0.25) is 0 Å². The smallest absolute Gasteiger partial charge is 0.335 e. The number of amides is 4. The third-order valence-corrected chi connectivity index (χ3v) is 6.88. The molecule has 1 atom stereocenters. The van der Waals surface area contributed by atoms with Gasteiger partial charge in [0.2, 0.25) is 0 Å². The second kappa shape index (κ2) is 9.21. The SMILES string of the molecule is CCOc1cccc(N2C(=O)NC(=O)/C(=C\c3cc4c(cc3C)N(CC)C(C)(C)C[C@H]4C)C2=O)c1. The van der Waals surface area contributed by atoms with Gasteiger partial charge in [0.1, 0.15) is 11.3 Å². The minimum Gasteiger partial charge on any atom is -0.494 e. The van der Waals surface area contributed by atoms with Gasteiger partial charge in [0, 0.05) is 23.8 Å². The first-order chi connectivity index (χ1) is 16.6. The van der Waals surface area contributed by atoms with E-state index < -0.39 is 17.8 Å². The number of aryl methyl sites for hydroxylation is 1. The molecule has 4 rings (SSSR count). The number of rotatable bonds is 5. The predicted octanol–water partition coefficient (Wildman–Crippen LogP) is 5.17. The molecule has 1 saturated heterocycles. The second-order valence-corrected chi connectivity index (χ2v) is 9.82. The molecule has 1 N–H and O–H groups in total. The lowest BCUT2D eigenvalue weighted by Crippen LogP contribution is -2.54. The number of benzene rings is 2. The number of anilines is 2. The zero-order valence-electron chi connectivity index (χ0n) is 21.3. The number of urea groups is 1. The second-order valence-electron chi connectivity index (χ2n) is 9.82. The van der Waals surface area contributed by atoms with Crippen LogP contribution in [0.4, 0.5) is 16.2 Å². The van der Waals surface area contributed by atoms with Crippen molar-refractivity contribution >= 4 is 35.3 Å². The van der Waals surface area contributed by atoms with E-state index in [1.54, 1.807) is 30.3 Å². The third-order valence-electron chi connectivity index (χ3n) is 6.88. The zero-order chi connectivity index (χ0) is 25.5. The molecule has 0 aromatic heterocycles. The van der Waals surface area contributed by atoms with Gasteiger partial charge in [-0.15, -0.1) is 0 Å². The quantitative estimate of drug-likeness (QED) is 0.477. The average Bonchev–Trinajstić information content (AvgIpc) is 2.77. The normalized spacial score (nSPS) is 20.7. The molecule has 0 spiro atoms. The summed E-state index contributed by atoms with van der Waals surface area (Å²) >= 11 is 0. The van der Waals surface area contributed by atoms with Crippen molar-refractivity contribution in [1.29, 1.82) is 0 Å². The Hall–Kier alpha value is -3.61. The summed E-state index contributed by atoms with van der Waals surface area (Å²) in [5, 5.41) is 2.31. The van der Waals surface area contributed by atoms with Crippen molar-refractivity contribution in [2.75, 3.05) is 23.0 Å². The maximum Gasteiger partial charge on any atom is 0.335 e. The van der Waals surface area contributed by atoms with Crippen molar-refractivity contribution in [2.24, 2.45) is 0 Å². The van der Waals surface area contributed by atoms with Crippen LogP contribution in [0.5, 0.6) is 5.75 Å². The average molecular weight is 476 g/mol. The van der Waals surface area contributed by atoms with Gasteiger partial charge in [0.15, 0.2) is 0 Å². The van der Waals surface area contributed by atoms with Gasteiger partial charge in [-0.1, -0.05) is 13.0 Å². The molecule has 2 aromatic rings. The van der Waals surface area contributed by atoms with Crippen molar-refractivity contribution in [3.8, 4) is 5.75 Å². The summed E-state index contributed by atoms with van der Waals surface area (Å²) < 4.78 is 5.51. The van der Waals surface area contributed by atoms with E-state index in [1.165, 1.54) is 11.3 Å². The molecular weight excluding hydrogens is 442 g/mol. The molecule has 0 radical (unpaired) electrons. The fourth-order valence-electron chi connectivity index (χ4n) is 5.33. The van der Waals surface area contributed by atoms with Gasteiger partial charge < -0.3 is 9.64 Å². The molecule has 1 fully saturated rings. The Bertz CT molecular complexity index is 1230. The van der Waals surface area contributed by atoms with Crippen LogP contribution >= 0.6 is 0 Å². The molecule has 2 aliphatic rings. The first kappa shape index (κ1) is 24.5. The highest BCUT2D eigenvalue weighted by atomic mass is 16.5. The molecule has 0 aliphatic carbocycles. The molecule has 7 heteroatoms. The molecule has 2 aromatic carbocycles. The summed E-state index contributed by atoms with van der Waals surface area (Å²) in [6, 6.07) is 10.2. The van der Waals surface area contributed by atoms with Crippen LogP contribution in [0.15, 0.2) is 42.0 Å². The lowest BCUT2D eigenvalue weighted by atomic mass is 9.79. The fourth-order valence-corrected chi connectivity index (χ4v) is 5.33. The first-order valence-electron chi connectivity index (χ1n) is 12.1. The van der Waals surface area contributed by atoms with Crippen LogP contribution in [-0.2, 0) is 9.59 Å². The summed E-state index contributed by atoms with van der Waals surface area (Å²) in [5.74, 6) is -0.487. The lowest BCUT2D eigenvalue weighted by molar-refractivity contribution is -0.122. The van der Waals surface area contributed by atoms with Gasteiger partial charge in [0.05, 0.1) is 12.3 Å². The highest BCUT2D eigenvalue weighted by Gasteiger charge is 2.38. The van der Waals surface area contributed by atoms with Crippen molar-refractivity contribution in [3.63, 3.8) is 0 Å². The number of hydrogen-bond acceptors (Lipinski definition) is 5. The van der Waals surface area contributed by atoms with Crippen LogP contribution in [0.1, 0.15) is 63.6 Å². The number of carbonyl (C=O) groups is 3. The molecule has 35 heavy (non-hydrogen) atoms. The summed E-state index contributed by atoms with van der Waals surface area (Å²) in [7, 11) is 0. The maximum atomic E-state index is 13.4. The maximum absolute atomic E-state index is 13.4. The summed E-state index contributed by atoms with van der Waals surface area (Å²) in [6.45, 7) is 14.1. The molecule has 7 nitrogen and oxygen atoms in total. The standard InChI is InChI=1S/C28H33N3O4/c1-7-30-24-12-17(3)19(13-22(24)18(4)16-28(30,5)6)14-23-25(32)29-27(34)31(26(23)33)20-10-9-11-21(15-20)35-8-2/h9-15,18H,7-8,16H2,1-6H3,(H,29,32,34)/b23-14+/t18-/m1/s1. The molecule has 184 valence electrons. The van der Waals surface area contributed by atoms with E-state index in [4.69, 9.17) is 4.74 Å². The molecule has 0 unspecified atom stereocenters. The van der Waals surface area contributed by atoms with Crippen LogP contribution in [0.25, 0.3) is 6.08 Å². The number of ether oxygens (including phenoxy) is 1. The number of nitrogens with zero attached hydrogens (tertiary/aromatic N) is 2. The Kier molecular flexibility index (Phi) is 6.45. The summed E-state index contributed by atoms with van der Waals surface area (Å²) in [6.07, 6.45) is 2.60. The number of hydrogen-bond donors (Lipinski definition) is 1. The molecule has 4 amide bonds.